The molecule has 0 aliphatic carbocycles. The van der Waals surface area contributed by atoms with Crippen molar-refractivity contribution in [2.24, 2.45) is 0 Å². The average molecular weight is 269 g/mol. The summed E-state index contributed by atoms with van der Waals surface area (Å²) in [6.45, 7) is 1.99. The number of nitrogens with zero attached hydrogens (tertiary/aromatic N) is 1. The Morgan fingerprint density at radius 1 is 1.10 bits per heavy atom. The Hall–Kier alpha value is -2.49. The van der Waals surface area contributed by atoms with E-state index in [0.717, 1.165) is 11.3 Å². The molecular weight excluding hydrogens is 250 g/mol. The largest absolute Gasteiger partial charge is 0.399 e. The van der Waals surface area contributed by atoms with Crippen LogP contribution in [-0.2, 0) is 0 Å². The second-order valence-corrected chi connectivity index (χ2v) is 4.99. The van der Waals surface area contributed by atoms with E-state index in [-0.39, 0.29) is 5.91 Å². The van der Waals surface area contributed by atoms with Crippen LogP contribution in [0.25, 0.3) is 0 Å². The molecule has 2 rings (SSSR count). The van der Waals surface area contributed by atoms with Crippen molar-refractivity contribution < 1.29 is 4.79 Å². The highest BCUT2D eigenvalue weighted by molar-refractivity contribution is 6.06. The fraction of sp³-hybridized carbons (Fsp3) is 0.188. The summed E-state index contributed by atoms with van der Waals surface area (Å²) in [6, 6.07) is 12.9. The summed E-state index contributed by atoms with van der Waals surface area (Å²) in [4.78, 5) is 14.2. The van der Waals surface area contributed by atoms with Crippen LogP contribution in [0.1, 0.15) is 15.9 Å². The molecule has 0 atom stereocenters. The summed E-state index contributed by atoms with van der Waals surface area (Å²) in [6.07, 6.45) is 0. The van der Waals surface area contributed by atoms with E-state index in [4.69, 9.17) is 5.73 Å². The van der Waals surface area contributed by atoms with E-state index in [1.807, 2.05) is 62.3 Å². The number of anilines is 3. The Morgan fingerprint density at radius 3 is 2.35 bits per heavy atom. The normalized spacial score (nSPS) is 10.2. The van der Waals surface area contributed by atoms with Gasteiger partial charge in [0.1, 0.15) is 0 Å². The first kappa shape index (κ1) is 13.9. The topological polar surface area (TPSA) is 58.4 Å². The van der Waals surface area contributed by atoms with E-state index < -0.39 is 0 Å². The van der Waals surface area contributed by atoms with Crippen LogP contribution in [0.2, 0.25) is 0 Å². The molecule has 1 amide bonds. The third-order valence-corrected chi connectivity index (χ3v) is 3.06. The van der Waals surface area contributed by atoms with Crippen LogP contribution >= 0.6 is 0 Å². The maximum Gasteiger partial charge on any atom is 0.255 e. The number of carbonyl (C=O) groups is 1. The number of aryl methyl sites for hydroxylation is 1. The molecule has 0 aromatic heterocycles. The van der Waals surface area contributed by atoms with E-state index >= 15 is 0 Å². The van der Waals surface area contributed by atoms with E-state index in [1.165, 1.54) is 0 Å². The Labute approximate surface area is 119 Å². The first-order valence-electron chi connectivity index (χ1n) is 6.42. The van der Waals surface area contributed by atoms with Crippen molar-refractivity contribution in [1.29, 1.82) is 0 Å². The summed E-state index contributed by atoms with van der Waals surface area (Å²) >= 11 is 0. The van der Waals surface area contributed by atoms with Crippen LogP contribution in [0.5, 0.6) is 0 Å². The van der Waals surface area contributed by atoms with Gasteiger partial charge in [0, 0.05) is 25.3 Å². The zero-order valence-electron chi connectivity index (χ0n) is 12.0. The number of nitrogens with two attached hydrogens (primary N) is 1. The van der Waals surface area contributed by atoms with Gasteiger partial charge in [-0.05, 0) is 37.3 Å². The SMILES string of the molecule is Cc1ccc(C(=O)Nc2cc(N)ccc2N(C)C)cc1. The summed E-state index contributed by atoms with van der Waals surface area (Å²) in [5.41, 5.74) is 9.79. The predicted molar refractivity (Wildman–Crippen MR) is 84.3 cm³/mol. The lowest BCUT2D eigenvalue weighted by molar-refractivity contribution is 0.102. The molecule has 0 aliphatic heterocycles. The standard InChI is InChI=1S/C16H19N3O/c1-11-4-6-12(7-5-11)16(20)18-14-10-13(17)8-9-15(14)19(2)3/h4-10H,17H2,1-3H3,(H,18,20). The number of carbonyl (C=O) groups excluding carboxylic acids is 1. The second-order valence-electron chi connectivity index (χ2n) is 4.99. The molecule has 0 saturated heterocycles. The van der Waals surface area contributed by atoms with E-state index in [0.29, 0.717) is 16.9 Å². The Bertz CT molecular complexity index is 618. The number of amides is 1. The Kier molecular flexibility index (Phi) is 3.94. The molecule has 0 bridgehead atoms. The molecule has 0 aliphatic rings. The van der Waals surface area contributed by atoms with Crippen molar-refractivity contribution in [3.05, 3.63) is 53.6 Å². The number of hydrogen-bond acceptors (Lipinski definition) is 3. The zero-order chi connectivity index (χ0) is 14.7. The van der Waals surface area contributed by atoms with Gasteiger partial charge < -0.3 is 16.0 Å². The number of hydrogen-bond donors (Lipinski definition) is 2. The number of rotatable bonds is 3. The van der Waals surface area contributed by atoms with Crippen molar-refractivity contribution in [3.8, 4) is 0 Å². The van der Waals surface area contributed by atoms with Gasteiger partial charge in [-0.3, -0.25) is 4.79 Å². The molecule has 3 N–H and O–H groups in total. The molecule has 4 nitrogen and oxygen atoms in total. The van der Waals surface area contributed by atoms with Crippen LogP contribution in [0.4, 0.5) is 17.1 Å². The zero-order valence-corrected chi connectivity index (χ0v) is 12.0. The van der Waals surface area contributed by atoms with E-state index in [2.05, 4.69) is 5.32 Å². The van der Waals surface area contributed by atoms with Gasteiger partial charge in [0.05, 0.1) is 11.4 Å². The molecule has 0 saturated carbocycles. The third kappa shape index (κ3) is 3.09. The lowest BCUT2D eigenvalue weighted by atomic mass is 10.1. The Morgan fingerprint density at radius 2 is 1.75 bits per heavy atom. The summed E-state index contributed by atoms with van der Waals surface area (Å²) in [5, 5.41) is 2.91. The molecule has 0 radical (unpaired) electrons. The van der Waals surface area contributed by atoms with Crippen molar-refractivity contribution >= 4 is 23.0 Å². The summed E-state index contributed by atoms with van der Waals surface area (Å²) in [7, 11) is 3.85. The van der Waals surface area contributed by atoms with Gasteiger partial charge in [0.15, 0.2) is 0 Å². The maximum absolute atomic E-state index is 12.2. The molecule has 0 fully saturated rings. The first-order valence-corrected chi connectivity index (χ1v) is 6.42. The van der Waals surface area contributed by atoms with Crippen molar-refractivity contribution in [2.75, 3.05) is 30.0 Å². The van der Waals surface area contributed by atoms with Crippen molar-refractivity contribution in [1.82, 2.24) is 0 Å². The molecular formula is C16H19N3O. The van der Waals surface area contributed by atoms with Crippen LogP contribution in [0.15, 0.2) is 42.5 Å². The van der Waals surface area contributed by atoms with Crippen LogP contribution in [0.3, 0.4) is 0 Å². The number of nitrogens with one attached hydrogen (secondary N) is 1. The highest BCUT2D eigenvalue weighted by Crippen LogP contribution is 2.27. The number of benzene rings is 2. The molecule has 0 spiro atoms. The highest BCUT2D eigenvalue weighted by Gasteiger charge is 2.10. The second kappa shape index (κ2) is 5.65. The minimum Gasteiger partial charge on any atom is -0.399 e. The molecule has 0 heterocycles. The van der Waals surface area contributed by atoms with Gasteiger partial charge in [-0.2, -0.15) is 0 Å². The maximum atomic E-state index is 12.2. The number of nitrogen functional groups attached to an aromatic ring is 1. The first-order chi connectivity index (χ1) is 9.47. The third-order valence-electron chi connectivity index (χ3n) is 3.06. The minimum atomic E-state index is -0.140. The van der Waals surface area contributed by atoms with Crippen LogP contribution in [-0.4, -0.2) is 20.0 Å². The minimum absolute atomic E-state index is 0.140. The predicted octanol–water partition coefficient (Wildman–Crippen LogP) is 2.90. The molecule has 2 aromatic rings. The summed E-state index contributed by atoms with van der Waals surface area (Å²) in [5.74, 6) is -0.140. The van der Waals surface area contributed by atoms with E-state index in [9.17, 15) is 4.79 Å². The molecule has 2 aromatic carbocycles. The lowest BCUT2D eigenvalue weighted by Gasteiger charge is -2.18. The fourth-order valence-corrected chi connectivity index (χ4v) is 1.94. The fourth-order valence-electron chi connectivity index (χ4n) is 1.94. The van der Waals surface area contributed by atoms with Gasteiger partial charge in [-0.1, -0.05) is 17.7 Å². The lowest BCUT2D eigenvalue weighted by Crippen LogP contribution is -2.17. The van der Waals surface area contributed by atoms with Gasteiger partial charge in [-0.25, -0.2) is 0 Å². The summed E-state index contributed by atoms with van der Waals surface area (Å²) < 4.78 is 0. The van der Waals surface area contributed by atoms with Gasteiger partial charge in [-0.15, -0.1) is 0 Å². The Balaban J connectivity index is 2.27. The van der Waals surface area contributed by atoms with Crippen LogP contribution < -0.4 is 16.0 Å². The van der Waals surface area contributed by atoms with Gasteiger partial charge >= 0.3 is 0 Å². The van der Waals surface area contributed by atoms with Crippen LogP contribution in [0, 0.1) is 6.92 Å². The molecule has 104 valence electrons. The molecule has 4 heteroatoms. The average Bonchev–Trinajstić information content (AvgIpc) is 2.39. The smallest absolute Gasteiger partial charge is 0.255 e. The van der Waals surface area contributed by atoms with Gasteiger partial charge in [0.2, 0.25) is 0 Å². The molecule has 0 unspecified atom stereocenters. The van der Waals surface area contributed by atoms with E-state index in [1.54, 1.807) is 6.07 Å². The van der Waals surface area contributed by atoms with Crippen molar-refractivity contribution in [3.63, 3.8) is 0 Å². The highest BCUT2D eigenvalue weighted by atomic mass is 16.1. The quantitative estimate of drug-likeness (QED) is 0.842. The van der Waals surface area contributed by atoms with Crippen molar-refractivity contribution in [2.45, 2.75) is 6.92 Å². The monoisotopic (exact) mass is 269 g/mol. The van der Waals surface area contributed by atoms with Gasteiger partial charge in [0.25, 0.3) is 5.91 Å². The molecule has 20 heavy (non-hydrogen) atoms.